The Morgan fingerprint density at radius 2 is 1.67 bits per heavy atom. The van der Waals surface area contributed by atoms with Crippen LogP contribution in [0, 0.1) is 36.9 Å². The van der Waals surface area contributed by atoms with Gasteiger partial charge in [0.1, 0.15) is 0 Å². The van der Waals surface area contributed by atoms with E-state index in [0.717, 1.165) is 6.08 Å². The van der Waals surface area contributed by atoms with E-state index in [9.17, 15) is 21.6 Å². The Morgan fingerprint density at radius 3 is 1.67 bits per heavy atom. The normalized spacial score (nSPS) is 9.42. The van der Waals surface area contributed by atoms with E-state index in [-0.39, 0.29) is 42.6 Å². The van der Waals surface area contributed by atoms with Crippen LogP contribution >= 0.6 is 0 Å². The fraction of sp³-hybridized carbons (Fsp3) is 0.500. The number of hydrogen-bond acceptors (Lipinski definition) is 2. The minimum atomic E-state index is -3.79. The maximum Gasteiger partial charge on any atom is 0.379 e. The molecule has 0 aromatic rings. The molecule has 0 atom stereocenters. The molecule has 0 saturated heterocycles. The summed E-state index contributed by atoms with van der Waals surface area (Å²) in [6.07, 6.45) is 1.12. The molecule has 0 fully saturated rings. The molecule has 3 nitrogen and oxygen atoms in total. The van der Waals surface area contributed by atoms with E-state index >= 15 is 0 Å². The van der Waals surface area contributed by atoms with Crippen LogP contribution in [0.5, 0.6) is 0 Å². The van der Waals surface area contributed by atoms with E-state index in [1.807, 2.05) is 0 Å². The van der Waals surface area contributed by atoms with Gasteiger partial charge in [-0.3, -0.25) is 4.55 Å². The minimum absolute atomic E-state index is 0. The van der Waals surface area contributed by atoms with Crippen LogP contribution in [0.25, 0.3) is 0 Å². The van der Waals surface area contributed by atoms with E-state index in [2.05, 4.69) is 6.58 Å². The van der Waals surface area contributed by atoms with Crippen LogP contribution in [-0.2, 0) is 10.1 Å². The molecule has 1 N–H and O–H groups in total. The molecule has 0 unspecified atom stereocenters. The summed E-state index contributed by atoms with van der Waals surface area (Å²) in [5, 5.41) is 0. The molecule has 0 spiro atoms. The molecule has 0 amide bonds. The smallest absolute Gasteiger partial charge is 0.285 e. The summed E-state index contributed by atoms with van der Waals surface area (Å²) in [6.45, 7) is -0.560. The van der Waals surface area contributed by atoms with Crippen LogP contribution in [0.4, 0.5) is 13.2 Å². The SMILES string of the molecule is C=CCS(=O)(=O)O.FC(F)F.[Tm]. The van der Waals surface area contributed by atoms with Gasteiger partial charge in [-0.05, 0) is 0 Å². The fourth-order valence-corrected chi connectivity index (χ4v) is 0.447. The van der Waals surface area contributed by atoms with Gasteiger partial charge in [-0.25, -0.2) is 0 Å². The first kappa shape index (κ1) is 18.5. The van der Waals surface area contributed by atoms with Gasteiger partial charge in [0.25, 0.3) is 10.1 Å². The molecule has 0 aromatic heterocycles. The molecular weight excluding hydrogens is 354 g/mol. The van der Waals surface area contributed by atoms with Crippen LogP contribution in [0.1, 0.15) is 0 Å². The fourth-order valence-electron chi connectivity index (χ4n) is 0.149. The van der Waals surface area contributed by atoms with Crippen LogP contribution in [0.3, 0.4) is 0 Å². The minimum Gasteiger partial charge on any atom is -0.285 e. The van der Waals surface area contributed by atoms with E-state index in [0.29, 0.717) is 0 Å². The number of alkyl halides is 3. The molecule has 0 saturated carbocycles. The third kappa shape index (κ3) is 45.7. The molecular formula is C4H7F3O3STm. The zero-order valence-corrected chi connectivity index (χ0v) is 8.25. The van der Waals surface area contributed by atoms with Crippen molar-refractivity contribution in [2.24, 2.45) is 0 Å². The van der Waals surface area contributed by atoms with Crippen molar-refractivity contribution >= 4 is 10.1 Å². The molecule has 0 aliphatic heterocycles. The molecule has 1 radical (unpaired) electrons. The van der Waals surface area contributed by atoms with Gasteiger partial charge in [0, 0.05) is 36.9 Å². The van der Waals surface area contributed by atoms with Crippen molar-refractivity contribution in [3.63, 3.8) is 0 Å². The molecule has 0 aromatic carbocycles. The van der Waals surface area contributed by atoms with Crippen molar-refractivity contribution in [3.05, 3.63) is 12.7 Å². The third-order valence-corrected chi connectivity index (χ3v) is 0.985. The summed E-state index contributed by atoms with van der Waals surface area (Å²) in [5.74, 6) is -0.368. The Balaban J connectivity index is -0.000000142. The summed E-state index contributed by atoms with van der Waals surface area (Å²) in [5.41, 5.74) is 0. The van der Waals surface area contributed by atoms with E-state index < -0.39 is 16.8 Å². The Hall–Kier alpha value is 0.674. The Morgan fingerprint density at radius 1 is 1.42 bits per heavy atom. The maximum absolute atomic E-state index is 9.72. The molecule has 0 aliphatic carbocycles. The standard InChI is InChI=1S/C3H6O3S.CHF3.Tm/c1-2-3-7(4,5)6;2-1(3)4;/h2H,1,3H2,(H,4,5,6);1H;. The van der Waals surface area contributed by atoms with E-state index in [4.69, 9.17) is 4.55 Å². The monoisotopic (exact) mass is 361 g/mol. The van der Waals surface area contributed by atoms with Crippen LogP contribution in [0.15, 0.2) is 12.7 Å². The van der Waals surface area contributed by atoms with Crippen molar-refractivity contribution in [1.82, 2.24) is 0 Å². The Kier molecular flexibility index (Phi) is 15.0. The second kappa shape index (κ2) is 9.76. The first-order valence-electron chi connectivity index (χ1n) is 2.28. The first-order valence-corrected chi connectivity index (χ1v) is 3.88. The van der Waals surface area contributed by atoms with Gasteiger partial charge >= 0.3 is 6.68 Å². The Bertz CT molecular complexity index is 189. The zero-order valence-electron chi connectivity index (χ0n) is 5.65. The Labute approximate surface area is 97.6 Å². The van der Waals surface area contributed by atoms with Crippen molar-refractivity contribution in [2.45, 2.75) is 6.68 Å². The van der Waals surface area contributed by atoms with Crippen LogP contribution < -0.4 is 0 Å². The average molecular weight is 361 g/mol. The molecule has 0 heterocycles. The summed E-state index contributed by atoms with van der Waals surface area (Å²) in [6, 6.07) is 0. The first-order chi connectivity index (χ1) is 4.79. The summed E-state index contributed by atoms with van der Waals surface area (Å²) in [7, 11) is -3.79. The summed E-state index contributed by atoms with van der Waals surface area (Å²) in [4.78, 5) is 0. The van der Waals surface area contributed by atoms with Gasteiger partial charge in [-0.2, -0.15) is 21.6 Å². The summed E-state index contributed by atoms with van der Waals surface area (Å²) >= 11 is 0. The van der Waals surface area contributed by atoms with E-state index in [1.54, 1.807) is 0 Å². The van der Waals surface area contributed by atoms with Crippen molar-refractivity contribution < 1.29 is 63.0 Å². The van der Waals surface area contributed by atoms with Gasteiger partial charge in [0.2, 0.25) is 0 Å². The second-order valence-electron chi connectivity index (χ2n) is 1.28. The average Bonchev–Trinajstić information content (AvgIpc) is 1.58. The molecule has 81 valence electrons. The predicted octanol–water partition coefficient (Wildman–Crippen LogP) is 1.24. The predicted molar refractivity (Wildman–Crippen MR) is 33.7 cm³/mol. The van der Waals surface area contributed by atoms with Crippen molar-refractivity contribution in [2.75, 3.05) is 5.75 Å². The largest absolute Gasteiger partial charge is 0.379 e. The second-order valence-corrected chi connectivity index (χ2v) is 2.78. The van der Waals surface area contributed by atoms with Crippen molar-refractivity contribution in [3.8, 4) is 0 Å². The van der Waals surface area contributed by atoms with Crippen LogP contribution in [0.2, 0.25) is 0 Å². The van der Waals surface area contributed by atoms with E-state index in [1.165, 1.54) is 0 Å². The number of rotatable bonds is 2. The topological polar surface area (TPSA) is 54.4 Å². The molecule has 0 rings (SSSR count). The molecule has 0 bridgehead atoms. The van der Waals surface area contributed by atoms with Gasteiger partial charge in [-0.15, -0.1) is 6.58 Å². The summed E-state index contributed by atoms with van der Waals surface area (Å²) < 4.78 is 56.3. The van der Waals surface area contributed by atoms with Gasteiger partial charge in [0.15, 0.2) is 0 Å². The molecule has 12 heavy (non-hydrogen) atoms. The maximum atomic E-state index is 9.72. The quantitative estimate of drug-likeness (QED) is 0.595. The number of halogens is 3. The van der Waals surface area contributed by atoms with Gasteiger partial charge < -0.3 is 0 Å². The van der Waals surface area contributed by atoms with Gasteiger partial charge in [-0.1, -0.05) is 6.08 Å². The third-order valence-electron chi connectivity index (χ3n) is 0.328. The molecule has 0 aliphatic rings. The zero-order chi connectivity index (χ0) is 9.49. The molecule has 8 heteroatoms. The van der Waals surface area contributed by atoms with Crippen LogP contribution in [-0.4, -0.2) is 25.4 Å². The van der Waals surface area contributed by atoms with Gasteiger partial charge in [0.05, 0.1) is 5.75 Å². The number of hydrogen-bond donors (Lipinski definition) is 1. The van der Waals surface area contributed by atoms with Crippen molar-refractivity contribution in [1.29, 1.82) is 0 Å².